The summed E-state index contributed by atoms with van der Waals surface area (Å²) in [5.41, 5.74) is 3.12. The standard InChI is InChI=1S/C23H34F2O2/c1-14(11-22(24)25)18-8-9-19-17(5-4-10-23(18,19)3)7-6-16-12-20(26)15(2)21(27)13-16/h6-7,14,18-22,26-27H,2,4-5,8-13H2,1,3H3/t14-,18?,19?,20-,21-,23-/m1/s1. The van der Waals surface area contributed by atoms with Gasteiger partial charge in [0.05, 0.1) is 12.2 Å². The summed E-state index contributed by atoms with van der Waals surface area (Å²) in [6.45, 7) is 8.08. The Labute approximate surface area is 162 Å². The van der Waals surface area contributed by atoms with Gasteiger partial charge in [-0.3, -0.25) is 0 Å². The molecule has 0 spiro atoms. The van der Waals surface area contributed by atoms with Gasteiger partial charge in [-0.2, -0.15) is 0 Å². The molecule has 27 heavy (non-hydrogen) atoms. The van der Waals surface area contributed by atoms with Gasteiger partial charge >= 0.3 is 0 Å². The van der Waals surface area contributed by atoms with E-state index >= 15 is 0 Å². The van der Waals surface area contributed by atoms with E-state index < -0.39 is 18.6 Å². The highest BCUT2D eigenvalue weighted by Gasteiger charge is 2.50. The summed E-state index contributed by atoms with van der Waals surface area (Å²) in [5.74, 6) is 0.906. The fourth-order valence-electron chi connectivity index (χ4n) is 6.08. The van der Waals surface area contributed by atoms with E-state index in [1.807, 2.05) is 6.92 Å². The highest BCUT2D eigenvalue weighted by molar-refractivity contribution is 5.29. The molecule has 0 aromatic carbocycles. The van der Waals surface area contributed by atoms with Crippen LogP contribution >= 0.6 is 0 Å². The van der Waals surface area contributed by atoms with Gasteiger partial charge in [0.25, 0.3) is 0 Å². The van der Waals surface area contributed by atoms with Crippen molar-refractivity contribution in [1.82, 2.24) is 0 Å². The van der Waals surface area contributed by atoms with Crippen molar-refractivity contribution in [3.05, 3.63) is 35.5 Å². The maximum Gasteiger partial charge on any atom is 0.238 e. The molecule has 3 rings (SSSR count). The number of halogens is 2. The molecule has 0 radical (unpaired) electrons. The Kier molecular flexibility index (Phi) is 6.27. The Morgan fingerprint density at radius 3 is 2.48 bits per heavy atom. The van der Waals surface area contributed by atoms with Gasteiger partial charge in [-0.25, -0.2) is 8.78 Å². The first-order valence-electron chi connectivity index (χ1n) is 10.4. The zero-order valence-corrected chi connectivity index (χ0v) is 16.6. The fourth-order valence-corrected chi connectivity index (χ4v) is 6.08. The van der Waals surface area contributed by atoms with Crippen molar-refractivity contribution < 1.29 is 19.0 Å². The molecule has 0 heterocycles. The monoisotopic (exact) mass is 380 g/mol. The van der Waals surface area contributed by atoms with Crippen molar-refractivity contribution in [2.24, 2.45) is 23.2 Å². The normalized spacial score (nSPS) is 39.7. The number of alkyl halides is 2. The zero-order valence-electron chi connectivity index (χ0n) is 16.6. The first-order valence-corrected chi connectivity index (χ1v) is 10.4. The third-order valence-electron chi connectivity index (χ3n) is 7.57. The van der Waals surface area contributed by atoms with Crippen LogP contribution in [0.4, 0.5) is 8.78 Å². The van der Waals surface area contributed by atoms with E-state index in [4.69, 9.17) is 0 Å². The molecule has 3 aliphatic rings. The number of allylic oxidation sites excluding steroid dienone is 3. The molecule has 2 unspecified atom stereocenters. The SMILES string of the molecule is C=C1[C@H](O)CC(=CC=C2CCC[C@@]3(C)C2CCC3[C@H](C)CC(F)F)C[C@H]1O. The van der Waals surface area contributed by atoms with E-state index in [9.17, 15) is 19.0 Å². The van der Waals surface area contributed by atoms with E-state index in [1.54, 1.807) is 0 Å². The molecular formula is C23H34F2O2. The van der Waals surface area contributed by atoms with Crippen LogP contribution in [0, 0.1) is 23.2 Å². The Balaban J connectivity index is 1.76. The number of aliphatic hydroxyl groups is 2. The average molecular weight is 381 g/mol. The lowest BCUT2D eigenvalue weighted by atomic mass is 9.61. The third kappa shape index (κ3) is 4.22. The molecule has 2 N–H and O–H groups in total. The van der Waals surface area contributed by atoms with E-state index in [-0.39, 0.29) is 17.8 Å². The first kappa shape index (κ1) is 20.7. The number of hydrogen-bond donors (Lipinski definition) is 2. The van der Waals surface area contributed by atoms with Gasteiger partial charge in [0.15, 0.2) is 0 Å². The minimum absolute atomic E-state index is 0.00966. The minimum atomic E-state index is -2.22. The van der Waals surface area contributed by atoms with Crippen LogP contribution in [0.3, 0.4) is 0 Å². The molecule has 3 saturated carbocycles. The highest BCUT2D eigenvalue weighted by atomic mass is 19.3. The smallest absolute Gasteiger partial charge is 0.238 e. The number of aliphatic hydroxyl groups excluding tert-OH is 2. The average Bonchev–Trinajstić information content (AvgIpc) is 2.94. The lowest BCUT2D eigenvalue weighted by Gasteiger charge is -2.44. The Hall–Kier alpha value is -1.00. The van der Waals surface area contributed by atoms with Crippen molar-refractivity contribution in [1.29, 1.82) is 0 Å². The molecule has 3 fully saturated rings. The molecule has 0 aromatic rings. The van der Waals surface area contributed by atoms with Crippen LogP contribution in [0.15, 0.2) is 35.5 Å². The van der Waals surface area contributed by atoms with Gasteiger partial charge in [0, 0.05) is 6.42 Å². The van der Waals surface area contributed by atoms with Crippen LogP contribution in [0.2, 0.25) is 0 Å². The molecule has 0 bridgehead atoms. The van der Waals surface area contributed by atoms with Crippen molar-refractivity contribution in [2.75, 3.05) is 0 Å². The quantitative estimate of drug-likeness (QED) is 0.640. The molecule has 4 heteroatoms. The molecule has 0 aromatic heterocycles. The Morgan fingerprint density at radius 2 is 1.85 bits per heavy atom. The fraction of sp³-hybridized carbons (Fsp3) is 0.739. The molecule has 0 saturated heterocycles. The summed E-state index contributed by atoms with van der Waals surface area (Å²) >= 11 is 0. The summed E-state index contributed by atoms with van der Waals surface area (Å²) in [6, 6.07) is 0. The minimum Gasteiger partial charge on any atom is -0.388 e. The molecule has 2 nitrogen and oxygen atoms in total. The van der Waals surface area contributed by atoms with Crippen molar-refractivity contribution >= 4 is 0 Å². The lowest BCUT2D eigenvalue weighted by molar-refractivity contribution is 0.0522. The zero-order chi connectivity index (χ0) is 19.8. The van der Waals surface area contributed by atoms with Gasteiger partial charge in [0.1, 0.15) is 0 Å². The van der Waals surface area contributed by atoms with E-state index in [0.29, 0.717) is 30.3 Å². The summed E-state index contributed by atoms with van der Waals surface area (Å²) in [5, 5.41) is 20.1. The Morgan fingerprint density at radius 1 is 1.19 bits per heavy atom. The second-order valence-corrected chi connectivity index (χ2v) is 9.28. The molecule has 152 valence electrons. The third-order valence-corrected chi connectivity index (χ3v) is 7.57. The van der Waals surface area contributed by atoms with Gasteiger partial charge < -0.3 is 10.2 Å². The molecule has 0 aliphatic heterocycles. The van der Waals surface area contributed by atoms with Crippen LogP contribution in [0.25, 0.3) is 0 Å². The van der Waals surface area contributed by atoms with Crippen LogP contribution in [0.5, 0.6) is 0 Å². The second-order valence-electron chi connectivity index (χ2n) is 9.28. The lowest BCUT2D eigenvalue weighted by Crippen LogP contribution is -2.36. The van der Waals surface area contributed by atoms with Crippen molar-refractivity contribution in [3.63, 3.8) is 0 Å². The van der Waals surface area contributed by atoms with Gasteiger partial charge in [-0.05, 0) is 73.7 Å². The summed E-state index contributed by atoms with van der Waals surface area (Å²) in [6.07, 6.45) is 7.25. The number of rotatable bonds is 4. The predicted molar refractivity (Wildman–Crippen MR) is 105 cm³/mol. The van der Waals surface area contributed by atoms with Crippen molar-refractivity contribution in [3.8, 4) is 0 Å². The highest BCUT2D eigenvalue weighted by Crippen LogP contribution is 2.59. The van der Waals surface area contributed by atoms with E-state index in [2.05, 4.69) is 25.7 Å². The summed E-state index contributed by atoms with van der Waals surface area (Å²) in [7, 11) is 0. The van der Waals surface area contributed by atoms with Gasteiger partial charge in [-0.1, -0.05) is 43.7 Å². The predicted octanol–water partition coefficient (Wildman–Crippen LogP) is 5.42. The number of hydrogen-bond acceptors (Lipinski definition) is 2. The topological polar surface area (TPSA) is 40.5 Å². The molecular weight excluding hydrogens is 346 g/mol. The molecule has 6 atom stereocenters. The largest absolute Gasteiger partial charge is 0.388 e. The summed E-state index contributed by atoms with van der Waals surface area (Å²) < 4.78 is 25.8. The molecule has 0 amide bonds. The van der Waals surface area contributed by atoms with E-state index in [1.165, 1.54) is 5.57 Å². The van der Waals surface area contributed by atoms with Crippen LogP contribution < -0.4 is 0 Å². The maximum atomic E-state index is 12.9. The number of fused-ring (bicyclic) bond motifs is 1. The van der Waals surface area contributed by atoms with Gasteiger partial charge in [-0.15, -0.1) is 0 Å². The summed E-state index contributed by atoms with van der Waals surface area (Å²) in [4.78, 5) is 0. The first-order chi connectivity index (χ1) is 12.7. The van der Waals surface area contributed by atoms with Crippen LogP contribution in [0.1, 0.15) is 65.2 Å². The van der Waals surface area contributed by atoms with Crippen molar-refractivity contribution in [2.45, 2.75) is 83.8 Å². The van der Waals surface area contributed by atoms with Gasteiger partial charge in [0.2, 0.25) is 6.43 Å². The van der Waals surface area contributed by atoms with E-state index in [0.717, 1.165) is 37.7 Å². The van der Waals surface area contributed by atoms with Crippen LogP contribution in [-0.4, -0.2) is 28.8 Å². The Bertz CT molecular complexity index is 608. The van der Waals surface area contributed by atoms with Crippen LogP contribution in [-0.2, 0) is 0 Å². The molecule has 3 aliphatic carbocycles. The maximum absolute atomic E-state index is 12.9. The second kappa shape index (κ2) is 8.16.